The Morgan fingerprint density at radius 3 is 2.55 bits per heavy atom. The molecule has 4 heteroatoms. The molecule has 1 atom stereocenters. The third-order valence-electron chi connectivity index (χ3n) is 6.92. The van der Waals surface area contributed by atoms with Crippen molar-refractivity contribution in [1.82, 2.24) is 4.90 Å². The second-order valence-corrected chi connectivity index (χ2v) is 9.37. The molecule has 31 heavy (non-hydrogen) atoms. The minimum Gasteiger partial charge on any atom is -0.325 e. The molecule has 0 aromatic heterocycles. The van der Waals surface area contributed by atoms with Gasteiger partial charge in [0.1, 0.15) is 0 Å². The highest BCUT2D eigenvalue weighted by Crippen LogP contribution is 2.44. The van der Waals surface area contributed by atoms with Crippen molar-refractivity contribution in [3.63, 3.8) is 0 Å². The maximum atomic E-state index is 13.0. The Morgan fingerprint density at radius 1 is 1.03 bits per heavy atom. The number of rotatable bonds is 9. The van der Waals surface area contributed by atoms with Gasteiger partial charge < -0.3 is 5.32 Å². The quantitative estimate of drug-likeness (QED) is 0.444. The van der Waals surface area contributed by atoms with Crippen LogP contribution in [0.2, 0.25) is 5.02 Å². The van der Waals surface area contributed by atoms with Crippen molar-refractivity contribution in [3.8, 4) is 0 Å². The van der Waals surface area contributed by atoms with Gasteiger partial charge in [-0.3, -0.25) is 9.69 Å². The van der Waals surface area contributed by atoms with E-state index in [9.17, 15) is 4.79 Å². The molecule has 1 N–H and O–H groups in total. The van der Waals surface area contributed by atoms with Crippen LogP contribution in [0.5, 0.6) is 0 Å². The SMILES string of the molecule is CCCCC1(CCCCN2CC=C(c3ccc(Cl)cc3)CC2)C(=O)Nc2ccccc21. The lowest BCUT2D eigenvalue weighted by Crippen LogP contribution is -2.35. The van der Waals surface area contributed by atoms with Gasteiger partial charge in [-0.05, 0) is 67.1 Å². The maximum Gasteiger partial charge on any atom is 0.235 e. The van der Waals surface area contributed by atoms with Crippen molar-refractivity contribution < 1.29 is 4.79 Å². The topological polar surface area (TPSA) is 32.3 Å². The van der Waals surface area contributed by atoms with Crippen LogP contribution in [-0.4, -0.2) is 30.4 Å². The second kappa shape index (κ2) is 10.0. The molecule has 0 bridgehead atoms. The van der Waals surface area contributed by atoms with Crippen LogP contribution >= 0.6 is 11.6 Å². The summed E-state index contributed by atoms with van der Waals surface area (Å²) < 4.78 is 0. The fraction of sp³-hybridized carbons (Fsp3) is 0.444. The van der Waals surface area contributed by atoms with E-state index in [2.05, 4.69) is 47.5 Å². The zero-order valence-electron chi connectivity index (χ0n) is 18.5. The minimum absolute atomic E-state index is 0.204. The number of nitrogens with one attached hydrogen (secondary N) is 1. The fourth-order valence-electron chi connectivity index (χ4n) is 5.08. The highest BCUT2D eigenvalue weighted by atomic mass is 35.5. The van der Waals surface area contributed by atoms with E-state index < -0.39 is 0 Å². The predicted molar refractivity (Wildman–Crippen MR) is 131 cm³/mol. The van der Waals surface area contributed by atoms with Crippen molar-refractivity contribution in [2.24, 2.45) is 0 Å². The Bertz CT molecular complexity index is 937. The molecule has 2 aliphatic heterocycles. The molecule has 0 spiro atoms. The first-order valence-electron chi connectivity index (χ1n) is 11.7. The van der Waals surface area contributed by atoms with E-state index >= 15 is 0 Å². The normalized spacial score (nSPS) is 21.0. The van der Waals surface area contributed by atoms with E-state index in [1.54, 1.807) is 0 Å². The van der Waals surface area contributed by atoms with Gasteiger partial charge in [0.2, 0.25) is 5.91 Å². The van der Waals surface area contributed by atoms with Gasteiger partial charge in [-0.1, -0.05) is 74.2 Å². The van der Waals surface area contributed by atoms with Crippen LogP contribution in [0.1, 0.15) is 63.0 Å². The van der Waals surface area contributed by atoms with Gasteiger partial charge in [-0.2, -0.15) is 0 Å². The van der Waals surface area contributed by atoms with Gasteiger partial charge in [0.25, 0.3) is 0 Å². The lowest BCUT2D eigenvalue weighted by Gasteiger charge is -2.29. The average Bonchev–Trinajstić information content (AvgIpc) is 3.08. The summed E-state index contributed by atoms with van der Waals surface area (Å²) in [6.07, 6.45) is 9.75. The Labute approximate surface area is 191 Å². The monoisotopic (exact) mass is 436 g/mol. The Balaban J connectivity index is 1.31. The summed E-state index contributed by atoms with van der Waals surface area (Å²) in [4.78, 5) is 15.5. The zero-order valence-corrected chi connectivity index (χ0v) is 19.3. The van der Waals surface area contributed by atoms with Crippen molar-refractivity contribution >= 4 is 28.8 Å². The van der Waals surface area contributed by atoms with Crippen LogP contribution in [0.4, 0.5) is 5.69 Å². The largest absolute Gasteiger partial charge is 0.325 e. The number of carbonyl (C=O) groups is 1. The number of nitrogens with zero attached hydrogens (tertiary/aromatic N) is 1. The molecular formula is C27H33ClN2O. The zero-order chi connectivity index (χ0) is 21.7. The van der Waals surface area contributed by atoms with Crippen LogP contribution in [0.15, 0.2) is 54.6 Å². The van der Waals surface area contributed by atoms with E-state index in [0.717, 1.165) is 75.3 Å². The minimum atomic E-state index is -0.337. The van der Waals surface area contributed by atoms with Gasteiger partial charge in [0.05, 0.1) is 5.41 Å². The fourth-order valence-corrected chi connectivity index (χ4v) is 5.20. The van der Waals surface area contributed by atoms with E-state index in [4.69, 9.17) is 11.6 Å². The Morgan fingerprint density at radius 2 is 1.81 bits per heavy atom. The summed E-state index contributed by atoms with van der Waals surface area (Å²) in [7, 11) is 0. The molecule has 2 aromatic rings. The van der Waals surface area contributed by atoms with Gasteiger partial charge in [-0.15, -0.1) is 0 Å². The van der Waals surface area contributed by atoms with Crippen molar-refractivity contribution in [1.29, 1.82) is 0 Å². The molecule has 1 amide bonds. The Hall–Kier alpha value is -2.10. The van der Waals surface area contributed by atoms with Gasteiger partial charge >= 0.3 is 0 Å². The number of anilines is 1. The van der Waals surface area contributed by atoms with E-state index in [1.807, 2.05) is 24.3 Å². The van der Waals surface area contributed by atoms with E-state index in [-0.39, 0.29) is 11.3 Å². The summed E-state index contributed by atoms with van der Waals surface area (Å²) >= 11 is 6.01. The molecule has 2 aromatic carbocycles. The first-order chi connectivity index (χ1) is 15.1. The summed E-state index contributed by atoms with van der Waals surface area (Å²) in [5.41, 5.74) is 4.59. The molecular weight excluding hydrogens is 404 g/mol. The first-order valence-corrected chi connectivity index (χ1v) is 12.1. The summed E-state index contributed by atoms with van der Waals surface area (Å²) in [5.74, 6) is 0.204. The number of unbranched alkanes of at least 4 members (excludes halogenated alkanes) is 2. The molecule has 4 rings (SSSR count). The van der Waals surface area contributed by atoms with Crippen molar-refractivity contribution in [3.05, 3.63) is 70.8 Å². The standard InChI is InChI=1S/C27H33ClN2O/c1-2-3-16-27(24-8-4-5-9-25(24)29-26(27)31)17-6-7-18-30-19-14-22(15-20-30)21-10-12-23(28)13-11-21/h4-5,8-14H,2-3,6-7,15-20H2,1H3,(H,29,31). The van der Waals surface area contributed by atoms with Gasteiger partial charge in [0, 0.05) is 23.8 Å². The lowest BCUT2D eigenvalue weighted by molar-refractivity contribution is -0.121. The molecule has 2 aliphatic rings. The number of para-hydroxylation sites is 1. The number of halogens is 1. The average molecular weight is 437 g/mol. The Kier molecular flexibility index (Phi) is 7.14. The summed E-state index contributed by atoms with van der Waals surface area (Å²) in [6.45, 7) is 5.40. The van der Waals surface area contributed by atoms with Gasteiger partial charge in [-0.25, -0.2) is 0 Å². The summed E-state index contributed by atoms with van der Waals surface area (Å²) in [5, 5.41) is 3.93. The van der Waals surface area contributed by atoms with Crippen molar-refractivity contribution in [2.45, 2.75) is 57.3 Å². The van der Waals surface area contributed by atoms with Crippen LogP contribution in [0, 0.1) is 0 Å². The van der Waals surface area contributed by atoms with Gasteiger partial charge in [0.15, 0.2) is 0 Å². The first kappa shape index (κ1) is 22.1. The van der Waals surface area contributed by atoms with Crippen LogP contribution in [0.25, 0.3) is 5.57 Å². The van der Waals surface area contributed by atoms with Crippen LogP contribution in [-0.2, 0) is 10.2 Å². The third-order valence-corrected chi connectivity index (χ3v) is 7.17. The number of fused-ring (bicyclic) bond motifs is 1. The molecule has 0 saturated heterocycles. The molecule has 164 valence electrons. The third kappa shape index (κ3) is 4.88. The molecule has 0 radical (unpaired) electrons. The van der Waals surface area contributed by atoms with Crippen molar-refractivity contribution in [2.75, 3.05) is 25.0 Å². The molecule has 3 nitrogen and oxygen atoms in total. The molecule has 0 fully saturated rings. The number of hydrogen-bond donors (Lipinski definition) is 1. The summed E-state index contributed by atoms with van der Waals surface area (Å²) in [6, 6.07) is 16.4. The molecule has 1 unspecified atom stereocenters. The highest BCUT2D eigenvalue weighted by molar-refractivity contribution is 6.30. The lowest BCUT2D eigenvalue weighted by atomic mass is 9.73. The molecule has 2 heterocycles. The van der Waals surface area contributed by atoms with E-state index in [1.165, 1.54) is 16.7 Å². The molecule has 0 aliphatic carbocycles. The van der Waals surface area contributed by atoms with Crippen LogP contribution in [0.3, 0.4) is 0 Å². The number of benzene rings is 2. The second-order valence-electron chi connectivity index (χ2n) is 8.93. The predicted octanol–water partition coefficient (Wildman–Crippen LogP) is 6.68. The smallest absolute Gasteiger partial charge is 0.235 e. The molecule has 0 saturated carbocycles. The van der Waals surface area contributed by atoms with Crippen LogP contribution < -0.4 is 5.32 Å². The van der Waals surface area contributed by atoms with E-state index in [0.29, 0.717) is 0 Å². The number of carbonyl (C=O) groups excluding carboxylic acids is 1. The maximum absolute atomic E-state index is 13.0. The number of hydrogen-bond acceptors (Lipinski definition) is 2. The number of amides is 1. The highest BCUT2D eigenvalue weighted by Gasteiger charge is 2.45.